The van der Waals surface area contributed by atoms with Crippen molar-refractivity contribution in [3.8, 4) is 0 Å². The summed E-state index contributed by atoms with van der Waals surface area (Å²) in [4.78, 5) is 15.8. The van der Waals surface area contributed by atoms with Gasteiger partial charge in [0.25, 0.3) is 5.22 Å². The van der Waals surface area contributed by atoms with Gasteiger partial charge in [-0.3, -0.25) is 4.79 Å². The zero-order chi connectivity index (χ0) is 13.2. The van der Waals surface area contributed by atoms with Gasteiger partial charge in [0, 0.05) is 5.38 Å². The fourth-order valence-electron chi connectivity index (χ4n) is 1.29. The predicted octanol–water partition coefficient (Wildman–Crippen LogP) is 1.21. The Morgan fingerprint density at radius 3 is 3.26 bits per heavy atom. The lowest BCUT2D eigenvalue weighted by molar-refractivity contribution is -0.113. The lowest BCUT2D eigenvalue weighted by atomic mass is 10.6. The second-order valence-corrected chi connectivity index (χ2v) is 5.34. The predicted molar refractivity (Wildman–Crippen MR) is 69.3 cm³/mol. The van der Waals surface area contributed by atoms with Crippen LogP contribution in [0.4, 0.5) is 5.13 Å². The van der Waals surface area contributed by atoms with Crippen LogP contribution >= 0.6 is 23.1 Å². The topological polar surface area (TPSA) is 98.2 Å². The first-order chi connectivity index (χ1) is 9.20. The summed E-state index contributed by atoms with van der Waals surface area (Å²) >= 11 is 2.57. The van der Waals surface area contributed by atoms with Crippen LogP contribution in [0.15, 0.2) is 21.3 Å². The van der Waals surface area contributed by atoms with Gasteiger partial charge in [-0.2, -0.15) is 4.52 Å². The van der Waals surface area contributed by atoms with E-state index in [0.29, 0.717) is 16.2 Å². The second-order valence-electron chi connectivity index (χ2n) is 3.56. The summed E-state index contributed by atoms with van der Waals surface area (Å²) in [6.45, 7) is 1.87. The standard InChI is InChI=1S/C9H8N6O2S2/c1-5-2-18-7(11-5)12-6(16)3-19-9-14-15-4-10-13-8(15)17-9/h2,4H,3H2,1H3,(H,11,12,16). The van der Waals surface area contributed by atoms with Gasteiger partial charge in [-0.05, 0) is 6.92 Å². The third-order valence-electron chi connectivity index (χ3n) is 2.06. The first kappa shape index (κ1) is 12.1. The lowest BCUT2D eigenvalue weighted by Gasteiger charge is -1.98. The van der Waals surface area contributed by atoms with Gasteiger partial charge in [0.1, 0.15) is 6.33 Å². The van der Waals surface area contributed by atoms with E-state index in [9.17, 15) is 4.79 Å². The van der Waals surface area contributed by atoms with Gasteiger partial charge in [0.15, 0.2) is 5.13 Å². The van der Waals surface area contributed by atoms with Crippen LogP contribution in [0.1, 0.15) is 5.69 Å². The molecule has 10 heteroatoms. The number of carbonyl (C=O) groups excluding carboxylic acids is 1. The molecule has 1 N–H and O–H groups in total. The number of thiazole rings is 1. The van der Waals surface area contributed by atoms with Crippen molar-refractivity contribution in [1.29, 1.82) is 0 Å². The summed E-state index contributed by atoms with van der Waals surface area (Å²) in [5.41, 5.74) is 0.884. The Hall–Kier alpha value is -1.94. The highest BCUT2D eigenvalue weighted by atomic mass is 32.2. The molecule has 0 radical (unpaired) electrons. The first-order valence-corrected chi connectivity index (χ1v) is 7.09. The number of thioether (sulfide) groups is 1. The first-order valence-electron chi connectivity index (χ1n) is 5.22. The molecule has 3 heterocycles. The average molecular weight is 296 g/mol. The molecule has 19 heavy (non-hydrogen) atoms. The Morgan fingerprint density at radius 1 is 1.63 bits per heavy atom. The molecule has 1 amide bonds. The molecule has 0 aliphatic rings. The SMILES string of the molecule is Cc1csc(NC(=O)CSc2nn3cnnc3o2)n1. The van der Waals surface area contributed by atoms with Gasteiger partial charge in [-0.15, -0.1) is 21.5 Å². The molecule has 0 saturated carbocycles. The number of aryl methyl sites for hydroxylation is 1. The van der Waals surface area contributed by atoms with Crippen molar-refractivity contribution >= 4 is 40.0 Å². The van der Waals surface area contributed by atoms with E-state index in [0.717, 1.165) is 5.69 Å². The van der Waals surface area contributed by atoms with Gasteiger partial charge in [0.05, 0.1) is 11.4 Å². The highest BCUT2D eigenvalue weighted by Crippen LogP contribution is 2.19. The van der Waals surface area contributed by atoms with Gasteiger partial charge in [0.2, 0.25) is 5.91 Å². The van der Waals surface area contributed by atoms with Crippen LogP contribution in [-0.2, 0) is 4.79 Å². The molecule has 98 valence electrons. The smallest absolute Gasteiger partial charge is 0.345 e. The molecule has 0 aromatic carbocycles. The maximum atomic E-state index is 11.7. The van der Waals surface area contributed by atoms with Crippen molar-refractivity contribution in [2.45, 2.75) is 12.1 Å². The maximum absolute atomic E-state index is 11.7. The van der Waals surface area contributed by atoms with Crippen LogP contribution < -0.4 is 5.32 Å². The van der Waals surface area contributed by atoms with Crippen molar-refractivity contribution < 1.29 is 9.21 Å². The fraction of sp³-hybridized carbons (Fsp3) is 0.222. The number of nitrogens with zero attached hydrogens (tertiary/aromatic N) is 5. The number of nitrogens with one attached hydrogen (secondary N) is 1. The molecule has 0 saturated heterocycles. The lowest BCUT2D eigenvalue weighted by Crippen LogP contribution is -2.13. The molecule has 8 nitrogen and oxygen atoms in total. The van der Waals surface area contributed by atoms with Crippen molar-refractivity contribution in [2.75, 3.05) is 11.1 Å². The summed E-state index contributed by atoms with van der Waals surface area (Å²) in [7, 11) is 0. The summed E-state index contributed by atoms with van der Waals surface area (Å²) in [6, 6.07) is 0. The normalized spacial score (nSPS) is 11.0. The molecular formula is C9H8N6O2S2. The van der Waals surface area contributed by atoms with Crippen molar-refractivity contribution in [2.24, 2.45) is 0 Å². The molecule has 0 atom stereocenters. The van der Waals surface area contributed by atoms with E-state index in [1.807, 2.05) is 12.3 Å². The minimum atomic E-state index is -0.159. The monoisotopic (exact) mass is 296 g/mol. The number of fused-ring (bicyclic) bond motifs is 1. The van der Waals surface area contributed by atoms with Crippen LogP contribution in [0, 0.1) is 6.92 Å². The Kier molecular flexibility index (Phi) is 3.17. The molecule has 0 fully saturated rings. The largest absolute Gasteiger partial charge is 0.396 e. The fourth-order valence-corrected chi connectivity index (χ4v) is 2.60. The van der Waals surface area contributed by atoms with Gasteiger partial charge >= 0.3 is 5.84 Å². The van der Waals surface area contributed by atoms with Crippen molar-refractivity contribution in [3.63, 3.8) is 0 Å². The third kappa shape index (κ3) is 2.74. The number of rotatable bonds is 4. The number of carbonyl (C=O) groups is 1. The number of anilines is 1. The zero-order valence-corrected chi connectivity index (χ0v) is 11.4. The molecule has 0 unspecified atom stereocenters. The minimum absolute atomic E-state index is 0.159. The van der Waals surface area contributed by atoms with Crippen LogP contribution in [0.25, 0.3) is 5.84 Å². The highest BCUT2D eigenvalue weighted by molar-refractivity contribution is 7.99. The Balaban J connectivity index is 1.57. The number of hydrogen-bond acceptors (Lipinski definition) is 8. The van der Waals surface area contributed by atoms with Gasteiger partial charge < -0.3 is 9.73 Å². The van der Waals surface area contributed by atoms with E-state index >= 15 is 0 Å². The molecular weight excluding hydrogens is 288 g/mol. The van der Waals surface area contributed by atoms with E-state index in [4.69, 9.17) is 4.42 Å². The third-order valence-corrected chi connectivity index (χ3v) is 3.75. The maximum Gasteiger partial charge on any atom is 0.345 e. The number of aromatic nitrogens is 5. The summed E-state index contributed by atoms with van der Waals surface area (Å²) < 4.78 is 6.67. The molecule has 0 aliphatic carbocycles. The molecule has 0 aliphatic heterocycles. The van der Waals surface area contributed by atoms with Crippen molar-refractivity contribution in [3.05, 3.63) is 17.4 Å². The summed E-state index contributed by atoms with van der Waals surface area (Å²) in [5, 5.41) is 16.9. The average Bonchev–Trinajstić information content (AvgIpc) is 3.02. The summed E-state index contributed by atoms with van der Waals surface area (Å²) in [5.74, 6) is 0.335. The van der Waals surface area contributed by atoms with Crippen LogP contribution in [-0.4, -0.2) is 36.5 Å². The molecule has 0 bridgehead atoms. The van der Waals surface area contributed by atoms with E-state index in [2.05, 4.69) is 25.6 Å². The van der Waals surface area contributed by atoms with Crippen LogP contribution in [0.2, 0.25) is 0 Å². The van der Waals surface area contributed by atoms with Crippen LogP contribution in [0.5, 0.6) is 0 Å². The van der Waals surface area contributed by atoms with Gasteiger partial charge in [-0.1, -0.05) is 16.9 Å². The Bertz CT molecular complexity index is 689. The van der Waals surface area contributed by atoms with E-state index < -0.39 is 0 Å². The quantitative estimate of drug-likeness (QED) is 0.722. The molecule has 0 spiro atoms. The van der Waals surface area contributed by atoms with Crippen molar-refractivity contribution in [1.82, 2.24) is 24.8 Å². The molecule has 3 rings (SSSR count). The van der Waals surface area contributed by atoms with Crippen LogP contribution in [0.3, 0.4) is 0 Å². The Labute approximate surface area is 115 Å². The minimum Gasteiger partial charge on any atom is -0.396 e. The van der Waals surface area contributed by atoms with Gasteiger partial charge in [-0.25, -0.2) is 4.98 Å². The zero-order valence-electron chi connectivity index (χ0n) is 9.73. The number of amides is 1. The number of hydrogen-bond donors (Lipinski definition) is 1. The Morgan fingerprint density at radius 2 is 2.53 bits per heavy atom. The highest BCUT2D eigenvalue weighted by Gasteiger charge is 2.11. The van der Waals surface area contributed by atoms with E-state index in [1.165, 1.54) is 33.9 Å². The van der Waals surface area contributed by atoms with E-state index in [1.54, 1.807) is 0 Å². The van der Waals surface area contributed by atoms with E-state index in [-0.39, 0.29) is 11.7 Å². The molecule has 3 aromatic heterocycles. The summed E-state index contributed by atoms with van der Waals surface area (Å²) in [6.07, 6.45) is 1.43. The second kappa shape index (κ2) is 4.97. The molecule has 3 aromatic rings.